The average Bonchev–Trinajstić information content (AvgIpc) is 2.30. The van der Waals surface area contributed by atoms with Crippen molar-refractivity contribution in [3.8, 4) is 5.75 Å². The molecule has 0 fully saturated rings. The number of nitrogens with one attached hydrogen (secondary N) is 2. The highest BCUT2D eigenvalue weighted by Gasteiger charge is 2.19. The number of amides is 2. The molecule has 96 valence electrons. The first-order valence-corrected chi connectivity index (χ1v) is 5.64. The Hall–Kier alpha value is -2.24. The number of ether oxygens (including phenoxy) is 1. The van der Waals surface area contributed by atoms with Gasteiger partial charge >= 0.3 is 0 Å². The van der Waals surface area contributed by atoms with E-state index in [1.54, 1.807) is 26.0 Å². The summed E-state index contributed by atoms with van der Waals surface area (Å²) >= 11 is 0. The lowest BCUT2D eigenvalue weighted by Crippen LogP contribution is -2.26. The van der Waals surface area contributed by atoms with Gasteiger partial charge in [0.25, 0.3) is 5.91 Å². The Bertz CT molecular complexity index is 512. The van der Waals surface area contributed by atoms with Crippen LogP contribution in [0.2, 0.25) is 0 Å². The van der Waals surface area contributed by atoms with Gasteiger partial charge in [0.15, 0.2) is 6.61 Å². The summed E-state index contributed by atoms with van der Waals surface area (Å²) in [6, 6.07) is 3.19. The molecule has 0 saturated heterocycles. The third-order valence-electron chi connectivity index (χ3n) is 2.57. The number of nitrogens with two attached hydrogens (primary N) is 1. The molecule has 6 nitrogen and oxygen atoms in total. The molecule has 0 spiro atoms. The van der Waals surface area contributed by atoms with Crippen LogP contribution in [0.1, 0.15) is 13.8 Å². The highest BCUT2D eigenvalue weighted by atomic mass is 16.5. The van der Waals surface area contributed by atoms with Crippen molar-refractivity contribution in [1.82, 2.24) is 0 Å². The summed E-state index contributed by atoms with van der Waals surface area (Å²) in [5.74, 6) is -0.000897. The third kappa shape index (κ3) is 2.37. The van der Waals surface area contributed by atoms with E-state index >= 15 is 0 Å². The maximum Gasteiger partial charge on any atom is 0.262 e. The first kappa shape index (κ1) is 12.2. The summed E-state index contributed by atoms with van der Waals surface area (Å²) in [6.45, 7) is 3.55. The van der Waals surface area contributed by atoms with Crippen molar-refractivity contribution in [1.29, 1.82) is 0 Å². The van der Waals surface area contributed by atoms with Crippen LogP contribution in [0.3, 0.4) is 0 Å². The van der Waals surface area contributed by atoms with E-state index in [0.29, 0.717) is 22.8 Å². The van der Waals surface area contributed by atoms with Gasteiger partial charge in [-0.25, -0.2) is 0 Å². The molecule has 1 aliphatic rings. The fourth-order valence-electron chi connectivity index (χ4n) is 1.53. The molecule has 1 heterocycles. The minimum atomic E-state index is -0.228. The molecule has 0 saturated carbocycles. The van der Waals surface area contributed by atoms with E-state index in [2.05, 4.69) is 10.6 Å². The Balaban J connectivity index is 2.29. The van der Waals surface area contributed by atoms with Gasteiger partial charge in [-0.2, -0.15) is 0 Å². The van der Waals surface area contributed by atoms with Gasteiger partial charge in [-0.05, 0) is 6.07 Å². The number of hydrogen-bond acceptors (Lipinski definition) is 4. The van der Waals surface area contributed by atoms with E-state index in [0.717, 1.165) is 0 Å². The first-order chi connectivity index (χ1) is 8.47. The molecule has 2 amide bonds. The van der Waals surface area contributed by atoms with E-state index in [1.165, 1.54) is 0 Å². The fraction of sp³-hybridized carbons (Fsp3) is 0.333. The molecule has 0 atom stereocenters. The molecule has 2 rings (SSSR count). The number of nitrogen functional groups attached to an aromatic ring is 1. The molecular weight excluding hydrogens is 234 g/mol. The lowest BCUT2D eigenvalue weighted by Gasteiger charge is -2.20. The fourth-order valence-corrected chi connectivity index (χ4v) is 1.53. The Morgan fingerprint density at radius 1 is 1.50 bits per heavy atom. The minimum absolute atomic E-state index is 0.0237. The van der Waals surface area contributed by atoms with Crippen LogP contribution in [0, 0.1) is 5.92 Å². The Morgan fingerprint density at radius 3 is 2.89 bits per heavy atom. The molecule has 18 heavy (non-hydrogen) atoms. The number of carbonyl (C=O) groups is 2. The van der Waals surface area contributed by atoms with E-state index in [-0.39, 0.29) is 24.3 Å². The monoisotopic (exact) mass is 249 g/mol. The van der Waals surface area contributed by atoms with Gasteiger partial charge < -0.3 is 21.1 Å². The van der Waals surface area contributed by atoms with Gasteiger partial charge in [0.1, 0.15) is 5.75 Å². The number of hydrogen-bond donors (Lipinski definition) is 3. The van der Waals surface area contributed by atoms with Crippen LogP contribution >= 0.6 is 0 Å². The quantitative estimate of drug-likeness (QED) is 0.686. The third-order valence-corrected chi connectivity index (χ3v) is 2.57. The van der Waals surface area contributed by atoms with Crippen molar-refractivity contribution in [3.05, 3.63) is 12.1 Å². The second-order valence-electron chi connectivity index (χ2n) is 4.42. The van der Waals surface area contributed by atoms with Crippen LogP contribution in [0.15, 0.2) is 12.1 Å². The van der Waals surface area contributed by atoms with Crippen molar-refractivity contribution < 1.29 is 14.3 Å². The van der Waals surface area contributed by atoms with Crippen LogP contribution in [-0.2, 0) is 9.59 Å². The number of benzene rings is 1. The van der Waals surface area contributed by atoms with Gasteiger partial charge in [-0.15, -0.1) is 0 Å². The van der Waals surface area contributed by atoms with E-state index in [9.17, 15) is 9.59 Å². The molecule has 0 bridgehead atoms. The maximum absolute atomic E-state index is 11.6. The van der Waals surface area contributed by atoms with E-state index in [1.807, 2.05) is 0 Å². The molecule has 6 heteroatoms. The smallest absolute Gasteiger partial charge is 0.262 e. The first-order valence-electron chi connectivity index (χ1n) is 5.64. The summed E-state index contributed by atoms with van der Waals surface area (Å²) in [7, 11) is 0. The van der Waals surface area contributed by atoms with Crippen LogP contribution in [0.25, 0.3) is 0 Å². The summed E-state index contributed by atoms with van der Waals surface area (Å²) in [5, 5.41) is 5.36. The highest BCUT2D eigenvalue weighted by Crippen LogP contribution is 2.35. The Morgan fingerprint density at radius 2 is 2.22 bits per heavy atom. The summed E-state index contributed by atoms with van der Waals surface area (Å²) < 4.78 is 5.22. The van der Waals surface area contributed by atoms with Crippen molar-refractivity contribution in [2.24, 2.45) is 5.92 Å². The number of rotatable bonds is 2. The second kappa shape index (κ2) is 4.56. The number of fused-ring (bicyclic) bond motifs is 1. The predicted molar refractivity (Wildman–Crippen MR) is 68.4 cm³/mol. The standard InChI is InChI=1S/C12H15N3O3/c1-6(2)12(17)15-8-4-9-10(3-7(8)13)18-5-11(16)14-9/h3-4,6H,5,13H2,1-2H3,(H,14,16)(H,15,17). The van der Waals surface area contributed by atoms with Crippen molar-refractivity contribution in [2.75, 3.05) is 23.0 Å². The lowest BCUT2D eigenvalue weighted by atomic mass is 10.1. The topological polar surface area (TPSA) is 93.5 Å². The normalized spacial score (nSPS) is 13.6. The Kier molecular flexibility index (Phi) is 3.10. The molecule has 1 aromatic rings. The average molecular weight is 249 g/mol. The van der Waals surface area contributed by atoms with E-state index in [4.69, 9.17) is 10.5 Å². The zero-order valence-corrected chi connectivity index (χ0v) is 10.2. The predicted octanol–water partition coefficient (Wildman–Crippen LogP) is 1.19. The van der Waals surface area contributed by atoms with Gasteiger partial charge in [0.05, 0.1) is 17.1 Å². The molecular formula is C12H15N3O3. The zero-order valence-electron chi connectivity index (χ0n) is 10.2. The lowest BCUT2D eigenvalue weighted by molar-refractivity contribution is -0.119. The van der Waals surface area contributed by atoms with Gasteiger partial charge in [0.2, 0.25) is 5.91 Å². The summed E-state index contributed by atoms with van der Waals surface area (Å²) in [6.07, 6.45) is 0. The van der Waals surface area contributed by atoms with Gasteiger partial charge in [-0.1, -0.05) is 13.8 Å². The van der Waals surface area contributed by atoms with Gasteiger partial charge in [-0.3, -0.25) is 9.59 Å². The highest BCUT2D eigenvalue weighted by molar-refractivity contribution is 6.00. The van der Waals surface area contributed by atoms with Crippen molar-refractivity contribution >= 4 is 28.9 Å². The van der Waals surface area contributed by atoms with Gasteiger partial charge in [0, 0.05) is 12.0 Å². The molecule has 0 aliphatic carbocycles. The molecule has 0 radical (unpaired) electrons. The summed E-state index contributed by atoms with van der Waals surface area (Å²) in [4.78, 5) is 22.8. The van der Waals surface area contributed by atoms with Crippen LogP contribution in [-0.4, -0.2) is 18.4 Å². The Labute approximate surface area is 104 Å². The molecule has 1 aromatic carbocycles. The molecule has 1 aliphatic heterocycles. The molecule has 0 aromatic heterocycles. The number of carbonyl (C=O) groups excluding carboxylic acids is 2. The number of anilines is 3. The van der Waals surface area contributed by atoms with Crippen LogP contribution in [0.4, 0.5) is 17.1 Å². The second-order valence-corrected chi connectivity index (χ2v) is 4.42. The molecule has 0 unspecified atom stereocenters. The van der Waals surface area contributed by atoms with Crippen molar-refractivity contribution in [3.63, 3.8) is 0 Å². The molecule has 4 N–H and O–H groups in total. The minimum Gasteiger partial charge on any atom is -0.482 e. The van der Waals surface area contributed by atoms with Crippen LogP contribution < -0.4 is 21.1 Å². The largest absolute Gasteiger partial charge is 0.482 e. The maximum atomic E-state index is 11.6. The van der Waals surface area contributed by atoms with Crippen LogP contribution in [0.5, 0.6) is 5.75 Å². The zero-order chi connectivity index (χ0) is 13.3. The van der Waals surface area contributed by atoms with Crippen molar-refractivity contribution in [2.45, 2.75) is 13.8 Å². The SMILES string of the molecule is CC(C)C(=O)Nc1cc2c(cc1N)OCC(=O)N2. The van der Waals surface area contributed by atoms with E-state index < -0.39 is 0 Å². The summed E-state index contributed by atoms with van der Waals surface area (Å²) in [5.41, 5.74) is 7.21.